The van der Waals surface area contributed by atoms with Gasteiger partial charge in [0.25, 0.3) is 0 Å². The number of hydrogen-bond donors (Lipinski definition) is 2. The molecule has 7 nitrogen and oxygen atoms in total. The van der Waals surface area contributed by atoms with Crippen molar-refractivity contribution in [2.45, 2.75) is 19.3 Å². The van der Waals surface area contributed by atoms with Gasteiger partial charge in [0, 0.05) is 18.5 Å². The van der Waals surface area contributed by atoms with Crippen LogP contribution in [0.25, 0.3) is 0 Å². The van der Waals surface area contributed by atoms with E-state index in [0.29, 0.717) is 23.7 Å². The van der Waals surface area contributed by atoms with Crippen LogP contribution in [0.1, 0.15) is 18.4 Å². The number of piperidine rings is 1. The van der Waals surface area contributed by atoms with E-state index in [9.17, 15) is 9.59 Å². The number of rotatable bonds is 9. The van der Waals surface area contributed by atoms with Gasteiger partial charge in [0.15, 0.2) is 0 Å². The Morgan fingerprint density at radius 3 is 2.45 bits per heavy atom. The largest absolute Gasteiger partial charge is 0.497 e. The van der Waals surface area contributed by atoms with Gasteiger partial charge in [-0.2, -0.15) is 0 Å². The molecule has 0 bridgehead atoms. The maximum Gasteiger partial charge on any atom is 0.238 e. The number of methoxy groups -OCH3 is 2. The van der Waals surface area contributed by atoms with Crippen molar-refractivity contribution in [1.29, 1.82) is 0 Å². The third-order valence-electron chi connectivity index (χ3n) is 5.56. The molecule has 0 spiro atoms. The number of benzene rings is 2. The van der Waals surface area contributed by atoms with Crippen molar-refractivity contribution in [2.75, 3.05) is 45.7 Å². The van der Waals surface area contributed by atoms with E-state index in [0.717, 1.165) is 32.4 Å². The first-order chi connectivity index (χ1) is 15.1. The van der Waals surface area contributed by atoms with Gasteiger partial charge in [-0.15, -0.1) is 0 Å². The summed E-state index contributed by atoms with van der Waals surface area (Å²) in [5.74, 6) is 1.24. The van der Waals surface area contributed by atoms with Crippen LogP contribution in [0.4, 0.5) is 5.69 Å². The monoisotopic (exact) mass is 425 g/mol. The Bertz CT molecular complexity index is 864. The maximum atomic E-state index is 12.5. The average molecular weight is 426 g/mol. The van der Waals surface area contributed by atoms with E-state index in [-0.39, 0.29) is 24.3 Å². The number of nitrogens with zero attached hydrogens (tertiary/aromatic N) is 1. The number of nitrogens with one attached hydrogen (secondary N) is 2. The molecule has 3 rings (SSSR count). The Balaban J connectivity index is 1.39. The van der Waals surface area contributed by atoms with E-state index < -0.39 is 0 Å². The molecule has 1 heterocycles. The van der Waals surface area contributed by atoms with E-state index in [4.69, 9.17) is 9.47 Å². The summed E-state index contributed by atoms with van der Waals surface area (Å²) in [7, 11) is 3.14. The zero-order chi connectivity index (χ0) is 22.1. The van der Waals surface area contributed by atoms with Gasteiger partial charge in [0.05, 0.1) is 26.5 Å². The first-order valence-corrected chi connectivity index (χ1v) is 10.6. The number of amides is 2. The zero-order valence-corrected chi connectivity index (χ0v) is 18.2. The molecule has 0 aliphatic carbocycles. The van der Waals surface area contributed by atoms with Gasteiger partial charge >= 0.3 is 0 Å². The maximum absolute atomic E-state index is 12.5. The smallest absolute Gasteiger partial charge is 0.238 e. The molecule has 0 radical (unpaired) electrons. The molecule has 1 aliphatic rings. The summed E-state index contributed by atoms with van der Waals surface area (Å²) >= 11 is 0. The van der Waals surface area contributed by atoms with Crippen molar-refractivity contribution < 1.29 is 19.1 Å². The van der Waals surface area contributed by atoms with E-state index in [1.165, 1.54) is 5.56 Å². The highest BCUT2D eigenvalue weighted by atomic mass is 16.5. The Labute approximate surface area is 183 Å². The summed E-state index contributed by atoms with van der Waals surface area (Å²) in [5, 5.41) is 5.95. The highest BCUT2D eigenvalue weighted by Gasteiger charge is 2.25. The highest BCUT2D eigenvalue weighted by molar-refractivity contribution is 5.93. The lowest BCUT2D eigenvalue weighted by Gasteiger charge is -2.30. The van der Waals surface area contributed by atoms with Crippen LogP contribution >= 0.6 is 0 Å². The van der Waals surface area contributed by atoms with Crippen LogP contribution in [0.15, 0.2) is 48.5 Å². The number of anilines is 1. The van der Waals surface area contributed by atoms with Gasteiger partial charge in [0.2, 0.25) is 11.8 Å². The Kier molecular flexibility index (Phi) is 8.29. The van der Waals surface area contributed by atoms with Crippen molar-refractivity contribution in [3.63, 3.8) is 0 Å². The van der Waals surface area contributed by atoms with E-state index in [1.807, 2.05) is 18.2 Å². The van der Waals surface area contributed by atoms with Crippen molar-refractivity contribution >= 4 is 17.5 Å². The topological polar surface area (TPSA) is 79.9 Å². The minimum absolute atomic E-state index is 0.0109. The summed E-state index contributed by atoms with van der Waals surface area (Å²) < 4.78 is 10.5. The van der Waals surface area contributed by atoms with E-state index >= 15 is 0 Å². The third-order valence-corrected chi connectivity index (χ3v) is 5.56. The quantitative estimate of drug-likeness (QED) is 0.646. The van der Waals surface area contributed by atoms with Gasteiger partial charge in [-0.25, -0.2) is 0 Å². The molecule has 2 amide bonds. The van der Waals surface area contributed by atoms with Crippen LogP contribution in [0, 0.1) is 5.92 Å². The fourth-order valence-electron chi connectivity index (χ4n) is 3.77. The second-order valence-corrected chi connectivity index (χ2v) is 7.69. The van der Waals surface area contributed by atoms with Gasteiger partial charge in [0.1, 0.15) is 11.5 Å². The fourth-order valence-corrected chi connectivity index (χ4v) is 3.77. The van der Waals surface area contributed by atoms with Crippen molar-refractivity contribution in [3.05, 3.63) is 54.1 Å². The molecular formula is C24H31N3O4. The SMILES string of the molecule is COc1ccc(NC(=O)CN2CCC(C(=O)NCCc3ccccc3)CC2)c(OC)c1. The first kappa shape index (κ1) is 22.6. The predicted octanol–water partition coefficient (Wildman–Crippen LogP) is 2.71. The summed E-state index contributed by atoms with van der Waals surface area (Å²) in [6.07, 6.45) is 2.35. The fraction of sp³-hybridized carbons (Fsp3) is 0.417. The van der Waals surface area contributed by atoms with Gasteiger partial charge in [-0.3, -0.25) is 14.5 Å². The van der Waals surface area contributed by atoms with Crippen molar-refractivity contribution in [2.24, 2.45) is 5.92 Å². The molecule has 166 valence electrons. The number of ether oxygens (including phenoxy) is 2. The van der Waals surface area contributed by atoms with Crippen LogP contribution in [-0.2, 0) is 16.0 Å². The standard InChI is InChI=1S/C24H31N3O4/c1-30-20-8-9-21(22(16-20)31-2)26-23(28)17-27-14-11-19(12-15-27)24(29)25-13-10-18-6-4-3-5-7-18/h3-9,16,19H,10-15,17H2,1-2H3,(H,25,29)(H,26,28). The Morgan fingerprint density at radius 1 is 1.03 bits per heavy atom. The number of carbonyl (C=O) groups is 2. The molecule has 0 atom stereocenters. The molecule has 7 heteroatoms. The lowest BCUT2D eigenvalue weighted by molar-refractivity contribution is -0.126. The van der Waals surface area contributed by atoms with Gasteiger partial charge in [-0.1, -0.05) is 30.3 Å². The summed E-state index contributed by atoms with van der Waals surface area (Å²) in [6, 6.07) is 15.4. The van der Waals surface area contributed by atoms with E-state index in [1.54, 1.807) is 32.4 Å². The second kappa shape index (κ2) is 11.4. The highest BCUT2D eigenvalue weighted by Crippen LogP contribution is 2.29. The molecule has 0 saturated carbocycles. The summed E-state index contributed by atoms with van der Waals surface area (Å²) in [5.41, 5.74) is 1.83. The van der Waals surface area contributed by atoms with Crippen molar-refractivity contribution in [3.8, 4) is 11.5 Å². The molecule has 1 saturated heterocycles. The van der Waals surface area contributed by atoms with Crippen LogP contribution in [0.3, 0.4) is 0 Å². The molecule has 2 N–H and O–H groups in total. The molecule has 2 aromatic rings. The number of carbonyl (C=O) groups excluding carboxylic acids is 2. The number of hydrogen-bond acceptors (Lipinski definition) is 5. The Morgan fingerprint density at radius 2 is 1.77 bits per heavy atom. The molecule has 31 heavy (non-hydrogen) atoms. The zero-order valence-electron chi connectivity index (χ0n) is 18.2. The molecule has 2 aromatic carbocycles. The Hall–Kier alpha value is -3.06. The lowest BCUT2D eigenvalue weighted by atomic mass is 9.96. The molecular weight excluding hydrogens is 394 g/mol. The van der Waals surface area contributed by atoms with Crippen LogP contribution in [-0.4, -0.2) is 57.1 Å². The van der Waals surface area contributed by atoms with Crippen LogP contribution < -0.4 is 20.1 Å². The minimum atomic E-state index is -0.103. The average Bonchev–Trinajstić information content (AvgIpc) is 2.80. The second-order valence-electron chi connectivity index (χ2n) is 7.69. The summed E-state index contributed by atoms with van der Waals surface area (Å²) in [4.78, 5) is 27.0. The molecule has 1 aliphatic heterocycles. The van der Waals surface area contributed by atoms with Gasteiger partial charge < -0.3 is 20.1 Å². The summed E-state index contributed by atoms with van der Waals surface area (Å²) in [6.45, 7) is 2.39. The number of likely N-dealkylation sites (tertiary alicyclic amines) is 1. The van der Waals surface area contributed by atoms with Crippen LogP contribution in [0.2, 0.25) is 0 Å². The predicted molar refractivity (Wildman–Crippen MR) is 120 cm³/mol. The molecule has 1 fully saturated rings. The molecule has 0 aromatic heterocycles. The minimum Gasteiger partial charge on any atom is -0.497 e. The third kappa shape index (κ3) is 6.72. The molecule has 0 unspecified atom stereocenters. The van der Waals surface area contributed by atoms with Crippen LogP contribution in [0.5, 0.6) is 11.5 Å². The normalized spacial score (nSPS) is 14.6. The van der Waals surface area contributed by atoms with Crippen molar-refractivity contribution in [1.82, 2.24) is 10.2 Å². The van der Waals surface area contributed by atoms with E-state index in [2.05, 4.69) is 27.7 Å². The van der Waals surface area contributed by atoms with Gasteiger partial charge in [-0.05, 0) is 50.0 Å². The first-order valence-electron chi connectivity index (χ1n) is 10.6. The lowest BCUT2D eigenvalue weighted by Crippen LogP contribution is -2.43.